The third-order valence-electron chi connectivity index (χ3n) is 4.55. The molecule has 28 heavy (non-hydrogen) atoms. The van der Waals surface area contributed by atoms with Crippen LogP contribution in [0.4, 0.5) is 5.69 Å². The summed E-state index contributed by atoms with van der Waals surface area (Å²) in [5.41, 5.74) is 2.72. The highest BCUT2D eigenvalue weighted by atomic mass is 16.6. The van der Waals surface area contributed by atoms with Crippen LogP contribution in [0.3, 0.4) is 0 Å². The number of likely N-dealkylation sites (N-methyl/N-ethyl adjacent to an activating group) is 1. The largest absolute Gasteiger partial charge is 0.309 e. The molecule has 0 bridgehead atoms. The Labute approximate surface area is 161 Å². The summed E-state index contributed by atoms with van der Waals surface area (Å²) in [6, 6.07) is 10.3. The van der Waals surface area contributed by atoms with Crippen molar-refractivity contribution >= 4 is 11.4 Å². The van der Waals surface area contributed by atoms with E-state index in [-0.39, 0.29) is 5.69 Å². The molecular formula is C19H19N7O2. The van der Waals surface area contributed by atoms with Gasteiger partial charge in [-0.3, -0.25) is 24.7 Å². The molecule has 1 aliphatic rings. The number of hydrogen-bond acceptors (Lipinski definition) is 7. The fraction of sp³-hybridized carbons (Fsp3) is 0.263. The molecule has 1 aromatic carbocycles. The van der Waals surface area contributed by atoms with Crippen molar-refractivity contribution in [2.75, 3.05) is 20.6 Å². The standard InChI is InChI=1S/C19H19N7O2/c1-24(2)10-8-17-22-23-18-12-21-19(15-5-3-4-9-20-15)14-11-13(26(27)28)6-7-16(14)25(17)18/h3-7,9,11H,8,10,12H2,1-2H3. The lowest BCUT2D eigenvalue weighted by molar-refractivity contribution is -0.384. The summed E-state index contributed by atoms with van der Waals surface area (Å²) >= 11 is 0. The van der Waals surface area contributed by atoms with Crippen molar-refractivity contribution in [3.8, 4) is 5.69 Å². The summed E-state index contributed by atoms with van der Waals surface area (Å²) in [5, 5.41) is 20.0. The minimum Gasteiger partial charge on any atom is -0.309 e. The third kappa shape index (κ3) is 3.27. The fourth-order valence-electron chi connectivity index (χ4n) is 3.20. The number of nitro benzene ring substituents is 1. The van der Waals surface area contributed by atoms with Crippen molar-refractivity contribution < 1.29 is 4.92 Å². The average Bonchev–Trinajstić information content (AvgIpc) is 3.02. The second kappa shape index (κ2) is 7.28. The second-order valence-corrected chi connectivity index (χ2v) is 6.76. The fourth-order valence-corrected chi connectivity index (χ4v) is 3.20. The van der Waals surface area contributed by atoms with Gasteiger partial charge < -0.3 is 4.90 Å². The normalized spacial score (nSPS) is 12.9. The number of benzene rings is 1. The second-order valence-electron chi connectivity index (χ2n) is 6.76. The van der Waals surface area contributed by atoms with E-state index in [1.54, 1.807) is 18.3 Å². The van der Waals surface area contributed by atoms with Gasteiger partial charge in [0, 0.05) is 36.9 Å². The van der Waals surface area contributed by atoms with E-state index in [0.29, 0.717) is 35.8 Å². The van der Waals surface area contributed by atoms with Crippen LogP contribution in [-0.2, 0) is 13.0 Å². The summed E-state index contributed by atoms with van der Waals surface area (Å²) in [4.78, 5) is 22.1. The van der Waals surface area contributed by atoms with E-state index in [0.717, 1.165) is 18.1 Å². The van der Waals surface area contributed by atoms with Crippen LogP contribution in [0.1, 0.15) is 22.9 Å². The molecule has 0 spiro atoms. The van der Waals surface area contributed by atoms with Crippen molar-refractivity contribution in [1.29, 1.82) is 0 Å². The first kappa shape index (κ1) is 17.9. The van der Waals surface area contributed by atoms with Crippen molar-refractivity contribution in [2.45, 2.75) is 13.0 Å². The molecule has 142 valence electrons. The average molecular weight is 377 g/mol. The number of hydrogen-bond donors (Lipinski definition) is 0. The predicted octanol–water partition coefficient (Wildman–Crippen LogP) is 2.03. The Kier molecular flexibility index (Phi) is 4.66. The van der Waals surface area contributed by atoms with E-state index in [1.807, 2.05) is 36.9 Å². The zero-order chi connectivity index (χ0) is 19.7. The molecule has 3 aromatic rings. The lowest BCUT2D eigenvalue weighted by atomic mass is 10.0. The Balaban J connectivity index is 1.90. The molecule has 0 radical (unpaired) electrons. The number of fused-ring (bicyclic) bond motifs is 3. The first-order chi connectivity index (χ1) is 13.5. The van der Waals surface area contributed by atoms with Gasteiger partial charge in [0.25, 0.3) is 5.69 Å². The van der Waals surface area contributed by atoms with Crippen LogP contribution in [0.2, 0.25) is 0 Å². The molecule has 0 unspecified atom stereocenters. The zero-order valence-corrected chi connectivity index (χ0v) is 15.6. The Hall–Kier alpha value is -3.46. The molecule has 4 rings (SSSR count). The van der Waals surface area contributed by atoms with Crippen LogP contribution in [0.25, 0.3) is 5.69 Å². The van der Waals surface area contributed by atoms with Gasteiger partial charge in [-0.05, 0) is 32.3 Å². The maximum absolute atomic E-state index is 11.4. The van der Waals surface area contributed by atoms with E-state index in [2.05, 4.69) is 25.1 Å². The van der Waals surface area contributed by atoms with E-state index in [4.69, 9.17) is 0 Å². The zero-order valence-electron chi connectivity index (χ0n) is 15.6. The number of non-ortho nitro benzene ring substituents is 1. The van der Waals surface area contributed by atoms with Crippen LogP contribution < -0.4 is 0 Å². The highest BCUT2D eigenvalue weighted by Gasteiger charge is 2.25. The number of nitro groups is 1. The molecular weight excluding hydrogens is 358 g/mol. The maximum atomic E-state index is 11.4. The molecule has 1 aliphatic heterocycles. The van der Waals surface area contributed by atoms with Crippen molar-refractivity contribution in [1.82, 2.24) is 24.6 Å². The monoisotopic (exact) mass is 377 g/mol. The lowest BCUT2D eigenvalue weighted by Gasteiger charge is -2.14. The van der Waals surface area contributed by atoms with Gasteiger partial charge in [0.2, 0.25) is 0 Å². The number of aromatic nitrogens is 4. The highest BCUT2D eigenvalue weighted by Crippen LogP contribution is 2.28. The number of pyridine rings is 1. The lowest BCUT2D eigenvalue weighted by Crippen LogP contribution is -2.18. The van der Waals surface area contributed by atoms with Gasteiger partial charge in [-0.15, -0.1) is 10.2 Å². The Morgan fingerprint density at radius 1 is 1.21 bits per heavy atom. The summed E-state index contributed by atoms with van der Waals surface area (Å²) < 4.78 is 1.96. The first-order valence-electron chi connectivity index (χ1n) is 8.87. The predicted molar refractivity (Wildman–Crippen MR) is 104 cm³/mol. The molecule has 9 nitrogen and oxygen atoms in total. The smallest absolute Gasteiger partial charge is 0.270 e. The molecule has 0 saturated carbocycles. The van der Waals surface area contributed by atoms with Gasteiger partial charge >= 0.3 is 0 Å². The minimum absolute atomic E-state index is 0.00810. The van der Waals surface area contributed by atoms with Crippen LogP contribution in [-0.4, -0.2) is 55.9 Å². The van der Waals surface area contributed by atoms with Crippen molar-refractivity contribution in [3.05, 3.63) is 75.6 Å². The van der Waals surface area contributed by atoms with Gasteiger partial charge in [-0.1, -0.05) is 6.07 Å². The highest BCUT2D eigenvalue weighted by molar-refractivity contribution is 6.14. The molecule has 0 aliphatic carbocycles. The van der Waals surface area contributed by atoms with Crippen LogP contribution in [0.15, 0.2) is 47.6 Å². The Morgan fingerprint density at radius 2 is 2.07 bits per heavy atom. The van der Waals surface area contributed by atoms with Gasteiger partial charge in [0.1, 0.15) is 12.4 Å². The maximum Gasteiger partial charge on any atom is 0.270 e. The minimum atomic E-state index is -0.402. The van der Waals surface area contributed by atoms with Gasteiger partial charge in [0.05, 0.1) is 22.0 Å². The number of nitrogens with zero attached hydrogens (tertiary/aromatic N) is 7. The van der Waals surface area contributed by atoms with Gasteiger partial charge in [-0.2, -0.15) is 0 Å². The van der Waals surface area contributed by atoms with Crippen molar-refractivity contribution in [2.24, 2.45) is 4.99 Å². The molecule has 0 fully saturated rings. The number of aliphatic imine (C=N–C) groups is 1. The van der Waals surface area contributed by atoms with Crippen molar-refractivity contribution in [3.63, 3.8) is 0 Å². The summed E-state index contributed by atoms with van der Waals surface area (Å²) in [6.07, 6.45) is 2.39. The van der Waals surface area contributed by atoms with Crippen LogP contribution >= 0.6 is 0 Å². The first-order valence-corrected chi connectivity index (χ1v) is 8.87. The van der Waals surface area contributed by atoms with E-state index in [1.165, 1.54) is 6.07 Å². The SMILES string of the molecule is CN(C)CCc1nnc2n1-c1ccc([N+](=O)[O-])cc1C(c1ccccn1)=NC2. The molecule has 2 aromatic heterocycles. The van der Waals surface area contributed by atoms with Gasteiger partial charge in [-0.25, -0.2) is 0 Å². The summed E-state index contributed by atoms with van der Waals surface area (Å²) in [5.74, 6) is 1.51. The van der Waals surface area contributed by atoms with E-state index in [9.17, 15) is 10.1 Å². The van der Waals surface area contributed by atoms with E-state index >= 15 is 0 Å². The molecule has 0 amide bonds. The Bertz CT molecular complexity index is 1060. The Morgan fingerprint density at radius 3 is 2.79 bits per heavy atom. The molecule has 0 atom stereocenters. The molecule has 3 heterocycles. The van der Waals surface area contributed by atoms with Crippen LogP contribution in [0, 0.1) is 10.1 Å². The van der Waals surface area contributed by atoms with Crippen LogP contribution in [0.5, 0.6) is 0 Å². The molecule has 9 heteroatoms. The quantitative estimate of drug-likeness (QED) is 0.498. The summed E-state index contributed by atoms with van der Waals surface area (Å²) in [6.45, 7) is 1.14. The summed E-state index contributed by atoms with van der Waals surface area (Å²) in [7, 11) is 4.00. The molecule has 0 saturated heterocycles. The third-order valence-corrected chi connectivity index (χ3v) is 4.55. The topological polar surface area (TPSA) is 102 Å². The van der Waals surface area contributed by atoms with Gasteiger partial charge in [0.15, 0.2) is 5.82 Å². The van der Waals surface area contributed by atoms with E-state index < -0.39 is 4.92 Å². The molecule has 0 N–H and O–H groups in total. The number of rotatable bonds is 5.